The molecule has 1 aliphatic heterocycles. The van der Waals surface area contributed by atoms with Gasteiger partial charge < -0.3 is 5.32 Å². The molecule has 0 aromatic heterocycles. The first-order valence-electron chi connectivity index (χ1n) is 9.01. The molecule has 2 N–H and O–H groups in total. The molecule has 1 heterocycles. The molecule has 5 nitrogen and oxygen atoms in total. The van der Waals surface area contributed by atoms with Gasteiger partial charge in [0, 0.05) is 32.4 Å². The van der Waals surface area contributed by atoms with E-state index in [9.17, 15) is 9.59 Å². The summed E-state index contributed by atoms with van der Waals surface area (Å²) in [5, 5.41) is 7.95. The second-order valence-corrected chi connectivity index (χ2v) is 7.45. The molecule has 0 unspecified atom stereocenters. The molecule has 2 amide bonds. The molecule has 0 saturated carbocycles. The van der Waals surface area contributed by atoms with Crippen molar-refractivity contribution in [1.82, 2.24) is 5.43 Å². The zero-order chi connectivity index (χ0) is 21.1. The van der Waals surface area contributed by atoms with E-state index in [0.717, 1.165) is 22.4 Å². The lowest BCUT2D eigenvalue weighted by molar-refractivity contribution is -0.110. The number of benzene rings is 3. The van der Waals surface area contributed by atoms with Crippen LogP contribution < -0.4 is 10.7 Å². The van der Waals surface area contributed by atoms with Crippen LogP contribution in [0.3, 0.4) is 0 Å². The number of fused-ring (bicyclic) bond motifs is 1. The Morgan fingerprint density at radius 3 is 2.30 bits per heavy atom. The van der Waals surface area contributed by atoms with E-state index in [0.29, 0.717) is 21.2 Å². The van der Waals surface area contributed by atoms with Gasteiger partial charge in [-0.05, 0) is 59.7 Å². The summed E-state index contributed by atoms with van der Waals surface area (Å²) in [6, 6.07) is 19.2. The minimum absolute atomic E-state index is 0.189. The van der Waals surface area contributed by atoms with Crippen LogP contribution in [0.25, 0.3) is 11.6 Å². The number of hydrazone groups is 1. The second-order valence-electron chi connectivity index (χ2n) is 6.57. The Bertz CT molecular complexity index is 1180. The Morgan fingerprint density at radius 1 is 0.900 bits per heavy atom. The van der Waals surface area contributed by atoms with Crippen LogP contribution in [0.15, 0.2) is 71.8 Å². The molecule has 148 valence electrons. The molecule has 0 radical (unpaired) electrons. The maximum atomic E-state index is 12.3. The number of nitrogens with one attached hydrogen (secondary N) is 2. The zero-order valence-corrected chi connectivity index (χ0v) is 17.0. The van der Waals surface area contributed by atoms with Crippen LogP contribution in [0, 0.1) is 0 Å². The SMILES string of the molecule is O=C1Nc2ccc(Cl)cc2/C1=C\c1ccc(C(=O)N/N=C/c2ccc(Cl)cc2)cc1. The summed E-state index contributed by atoms with van der Waals surface area (Å²) in [5.74, 6) is -0.527. The van der Waals surface area contributed by atoms with Gasteiger partial charge in [0.2, 0.25) is 0 Å². The van der Waals surface area contributed by atoms with Gasteiger partial charge in [-0.15, -0.1) is 0 Å². The number of hydrogen-bond donors (Lipinski definition) is 2. The number of carbonyl (C=O) groups is 2. The van der Waals surface area contributed by atoms with E-state index in [4.69, 9.17) is 23.2 Å². The van der Waals surface area contributed by atoms with Crippen LogP contribution in [0.4, 0.5) is 5.69 Å². The molecular weight excluding hydrogens is 421 g/mol. The van der Waals surface area contributed by atoms with Crippen LogP contribution >= 0.6 is 23.2 Å². The summed E-state index contributed by atoms with van der Waals surface area (Å²) in [5.41, 5.74) is 6.54. The average molecular weight is 436 g/mol. The van der Waals surface area contributed by atoms with Gasteiger partial charge in [0.25, 0.3) is 11.8 Å². The molecular formula is C23H15Cl2N3O2. The number of rotatable bonds is 4. The minimum atomic E-state index is -0.338. The van der Waals surface area contributed by atoms with Gasteiger partial charge in [0.1, 0.15) is 0 Å². The Morgan fingerprint density at radius 2 is 1.57 bits per heavy atom. The average Bonchev–Trinajstić information content (AvgIpc) is 3.04. The van der Waals surface area contributed by atoms with Crippen molar-refractivity contribution in [3.05, 3.63) is 99.0 Å². The van der Waals surface area contributed by atoms with Crippen LogP contribution in [-0.4, -0.2) is 18.0 Å². The molecule has 4 rings (SSSR count). The van der Waals surface area contributed by atoms with Gasteiger partial charge in [0.15, 0.2) is 0 Å². The van der Waals surface area contributed by atoms with Crippen LogP contribution in [0.2, 0.25) is 10.0 Å². The number of amides is 2. The van der Waals surface area contributed by atoms with Crippen LogP contribution in [0.5, 0.6) is 0 Å². The van der Waals surface area contributed by atoms with Crippen molar-refractivity contribution in [1.29, 1.82) is 0 Å². The number of halogens is 2. The van der Waals surface area contributed by atoms with Crippen molar-refractivity contribution in [3.8, 4) is 0 Å². The summed E-state index contributed by atoms with van der Waals surface area (Å²) in [7, 11) is 0. The van der Waals surface area contributed by atoms with Crippen molar-refractivity contribution in [3.63, 3.8) is 0 Å². The fourth-order valence-corrected chi connectivity index (χ4v) is 3.28. The summed E-state index contributed by atoms with van der Waals surface area (Å²) in [6.07, 6.45) is 3.30. The summed E-state index contributed by atoms with van der Waals surface area (Å²) in [6.45, 7) is 0. The van der Waals surface area contributed by atoms with Crippen LogP contribution in [-0.2, 0) is 4.79 Å². The van der Waals surface area contributed by atoms with Crippen molar-refractivity contribution >= 4 is 58.6 Å². The van der Waals surface area contributed by atoms with E-state index in [-0.39, 0.29) is 11.8 Å². The highest BCUT2D eigenvalue weighted by Crippen LogP contribution is 2.34. The largest absolute Gasteiger partial charge is 0.321 e. The Labute approximate surface area is 183 Å². The molecule has 0 atom stereocenters. The van der Waals surface area contributed by atoms with Crippen molar-refractivity contribution in [2.75, 3.05) is 5.32 Å². The molecule has 0 bridgehead atoms. The normalized spacial score (nSPS) is 14.1. The van der Waals surface area contributed by atoms with Crippen molar-refractivity contribution in [2.45, 2.75) is 0 Å². The molecule has 0 fully saturated rings. The molecule has 0 aliphatic carbocycles. The fourth-order valence-electron chi connectivity index (χ4n) is 2.98. The van der Waals surface area contributed by atoms with E-state index < -0.39 is 0 Å². The molecule has 0 spiro atoms. The van der Waals surface area contributed by atoms with Gasteiger partial charge in [0.05, 0.1) is 6.21 Å². The second kappa shape index (κ2) is 8.53. The Hall–Kier alpha value is -3.41. The first-order chi connectivity index (χ1) is 14.5. The number of anilines is 1. The highest BCUT2D eigenvalue weighted by Gasteiger charge is 2.24. The van der Waals surface area contributed by atoms with Crippen LogP contribution in [0.1, 0.15) is 27.0 Å². The van der Waals surface area contributed by atoms with E-state index in [1.807, 2.05) is 0 Å². The van der Waals surface area contributed by atoms with E-state index in [2.05, 4.69) is 15.8 Å². The lowest BCUT2D eigenvalue weighted by Gasteiger charge is -2.02. The lowest BCUT2D eigenvalue weighted by atomic mass is 10.0. The first kappa shape index (κ1) is 19.9. The lowest BCUT2D eigenvalue weighted by Crippen LogP contribution is -2.17. The minimum Gasteiger partial charge on any atom is -0.321 e. The number of hydrogen-bond acceptors (Lipinski definition) is 3. The Kier molecular flexibility index (Phi) is 5.65. The van der Waals surface area contributed by atoms with Crippen molar-refractivity contribution in [2.24, 2.45) is 5.10 Å². The van der Waals surface area contributed by atoms with Gasteiger partial charge in [-0.3, -0.25) is 9.59 Å². The molecule has 0 saturated heterocycles. The molecule has 3 aromatic carbocycles. The third-order valence-electron chi connectivity index (χ3n) is 4.50. The quantitative estimate of drug-likeness (QED) is 0.333. The predicted octanol–water partition coefficient (Wildman–Crippen LogP) is 5.25. The predicted molar refractivity (Wildman–Crippen MR) is 121 cm³/mol. The Balaban J connectivity index is 1.46. The standard InChI is InChI=1S/C23H15Cl2N3O2/c24-17-7-3-15(4-8-17)13-26-28-22(29)16-5-1-14(2-6-16)11-20-19-12-18(25)9-10-21(19)27-23(20)30/h1-13H,(H,27,30)(H,28,29)/b20-11+,26-13+. The molecule has 7 heteroatoms. The highest BCUT2D eigenvalue weighted by atomic mass is 35.5. The van der Waals surface area contributed by atoms with E-state index in [1.165, 1.54) is 6.21 Å². The van der Waals surface area contributed by atoms with Gasteiger partial charge in [-0.2, -0.15) is 5.10 Å². The summed E-state index contributed by atoms with van der Waals surface area (Å²) in [4.78, 5) is 24.5. The molecule has 1 aliphatic rings. The summed E-state index contributed by atoms with van der Waals surface area (Å²) >= 11 is 11.9. The van der Waals surface area contributed by atoms with Gasteiger partial charge in [-0.1, -0.05) is 47.5 Å². The fraction of sp³-hybridized carbons (Fsp3) is 0. The number of carbonyl (C=O) groups excluding carboxylic acids is 2. The van der Waals surface area contributed by atoms with Crippen molar-refractivity contribution < 1.29 is 9.59 Å². The monoisotopic (exact) mass is 435 g/mol. The van der Waals surface area contributed by atoms with Gasteiger partial charge >= 0.3 is 0 Å². The zero-order valence-electron chi connectivity index (χ0n) is 15.5. The van der Waals surface area contributed by atoms with Gasteiger partial charge in [-0.25, -0.2) is 5.43 Å². The third kappa shape index (κ3) is 4.43. The third-order valence-corrected chi connectivity index (χ3v) is 4.99. The molecule has 30 heavy (non-hydrogen) atoms. The maximum Gasteiger partial charge on any atom is 0.271 e. The topological polar surface area (TPSA) is 70.6 Å². The first-order valence-corrected chi connectivity index (χ1v) is 9.77. The van der Waals surface area contributed by atoms with E-state index in [1.54, 1.807) is 72.8 Å². The summed E-state index contributed by atoms with van der Waals surface area (Å²) < 4.78 is 0. The number of nitrogens with zero attached hydrogens (tertiary/aromatic N) is 1. The molecule has 3 aromatic rings. The van der Waals surface area contributed by atoms with E-state index >= 15 is 0 Å². The highest BCUT2D eigenvalue weighted by molar-refractivity contribution is 6.36. The maximum absolute atomic E-state index is 12.3. The smallest absolute Gasteiger partial charge is 0.271 e.